The summed E-state index contributed by atoms with van der Waals surface area (Å²) < 4.78 is 0. The second kappa shape index (κ2) is 11.3. The summed E-state index contributed by atoms with van der Waals surface area (Å²) in [7, 11) is 0. The fraction of sp³-hybridized carbons (Fsp3) is 0.259. The van der Waals surface area contributed by atoms with E-state index in [0.29, 0.717) is 18.8 Å². The lowest BCUT2D eigenvalue weighted by atomic mass is 9.98. The number of nitrogens with zero attached hydrogens (tertiary/aromatic N) is 4. The van der Waals surface area contributed by atoms with E-state index in [2.05, 4.69) is 27.5 Å². The zero-order valence-corrected chi connectivity index (χ0v) is 19.3. The molecule has 7 heteroatoms. The van der Waals surface area contributed by atoms with E-state index in [1.165, 1.54) is 0 Å². The molecule has 0 spiro atoms. The minimum atomic E-state index is -0.385. The number of benzene rings is 3. The number of tetrazole rings is 1. The van der Waals surface area contributed by atoms with Crippen LogP contribution in [0.3, 0.4) is 0 Å². The van der Waals surface area contributed by atoms with Crippen molar-refractivity contribution in [3.63, 3.8) is 0 Å². The number of hydrogen-bond donors (Lipinski definition) is 2. The maximum atomic E-state index is 13.1. The van der Waals surface area contributed by atoms with Crippen LogP contribution >= 0.6 is 0 Å². The summed E-state index contributed by atoms with van der Waals surface area (Å²) in [5.41, 5.74) is 4.85. The number of carbonyl (C=O) groups is 1. The monoisotopic (exact) mass is 455 g/mol. The highest BCUT2D eigenvalue weighted by molar-refractivity contribution is 5.80. The normalized spacial score (nSPS) is 11.8. The Morgan fingerprint density at radius 3 is 2.32 bits per heavy atom. The number of unbranched alkanes of at least 4 members (excludes halogenated alkanes) is 1. The third-order valence-corrected chi connectivity index (χ3v) is 5.93. The highest BCUT2D eigenvalue weighted by Crippen LogP contribution is 2.30. The number of aliphatic hydroxyl groups excluding tert-OH is 1. The van der Waals surface area contributed by atoms with Crippen LogP contribution in [0, 0.1) is 0 Å². The summed E-state index contributed by atoms with van der Waals surface area (Å²) in [6.07, 6.45) is 2.24. The number of H-pyrrole nitrogens is 1. The van der Waals surface area contributed by atoms with Crippen molar-refractivity contribution in [2.75, 3.05) is 6.61 Å². The van der Waals surface area contributed by atoms with Gasteiger partial charge in [-0.25, -0.2) is 0 Å². The molecule has 2 N–H and O–H groups in total. The second-order valence-electron chi connectivity index (χ2n) is 8.21. The van der Waals surface area contributed by atoms with Crippen LogP contribution in [0.25, 0.3) is 22.5 Å². The number of hydrogen-bond acceptors (Lipinski definition) is 5. The zero-order valence-electron chi connectivity index (χ0n) is 19.3. The van der Waals surface area contributed by atoms with Crippen molar-refractivity contribution in [3.05, 3.63) is 90.0 Å². The van der Waals surface area contributed by atoms with Gasteiger partial charge in [-0.05, 0) is 33.9 Å². The largest absolute Gasteiger partial charge is 0.394 e. The molecule has 1 aromatic heterocycles. The first-order chi connectivity index (χ1) is 16.7. The van der Waals surface area contributed by atoms with E-state index in [1.807, 2.05) is 78.9 Å². The average molecular weight is 456 g/mol. The van der Waals surface area contributed by atoms with Crippen molar-refractivity contribution >= 4 is 5.91 Å². The maximum Gasteiger partial charge on any atom is 0.223 e. The molecule has 0 radical (unpaired) electrons. The van der Waals surface area contributed by atoms with Gasteiger partial charge < -0.3 is 10.0 Å². The Labute approximate surface area is 199 Å². The Bertz CT molecular complexity index is 1180. The van der Waals surface area contributed by atoms with Gasteiger partial charge in [-0.3, -0.25) is 4.79 Å². The molecule has 4 aromatic rings. The minimum Gasteiger partial charge on any atom is -0.394 e. The van der Waals surface area contributed by atoms with Crippen molar-refractivity contribution in [2.24, 2.45) is 0 Å². The lowest BCUT2D eigenvalue weighted by molar-refractivity contribution is -0.135. The molecular formula is C27H29N5O2. The molecule has 4 rings (SSSR count). The number of nitrogens with one attached hydrogen (secondary N) is 1. The van der Waals surface area contributed by atoms with E-state index in [1.54, 1.807) is 4.90 Å². The van der Waals surface area contributed by atoms with Crippen LogP contribution in [0.2, 0.25) is 0 Å². The fourth-order valence-electron chi connectivity index (χ4n) is 4.10. The molecule has 1 heterocycles. The Kier molecular flexibility index (Phi) is 7.78. The maximum absolute atomic E-state index is 13.1. The second-order valence-corrected chi connectivity index (χ2v) is 8.21. The van der Waals surface area contributed by atoms with Gasteiger partial charge in [0, 0.05) is 18.5 Å². The number of amides is 1. The van der Waals surface area contributed by atoms with E-state index in [9.17, 15) is 9.90 Å². The standard InChI is InChI=1S/C27H29N5O2/c1-2-3-13-26(34)32(25(19-33)22-9-5-4-6-10-22)18-20-14-16-21(17-15-20)23-11-7-8-12-24(23)27-28-30-31-29-27/h4-12,14-17,25,33H,2-3,13,18-19H2,1H3,(H,28,29,30,31). The quantitative estimate of drug-likeness (QED) is 0.359. The Morgan fingerprint density at radius 2 is 1.68 bits per heavy atom. The SMILES string of the molecule is CCCCC(=O)N(Cc1ccc(-c2ccccc2-c2nn[nH]n2)cc1)C(CO)c1ccccc1. The third kappa shape index (κ3) is 5.38. The van der Waals surface area contributed by atoms with E-state index in [0.717, 1.165) is 40.7 Å². The predicted octanol–water partition coefficient (Wildman–Crippen LogP) is 4.79. The number of aliphatic hydroxyl groups is 1. The smallest absolute Gasteiger partial charge is 0.223 e. The van der Waals surface area contributed by atoms with E-state index < -0.39 is 0 Å². The molecule has 0 bridgehead atoms. The lowest BCUT2D eigenvalue weighted by Gasteiger charge is -2.31. The van der Waals surface area contributed by atoms with E-state index >= 15 is 0 Å². The van der Waals surface area contributed by atoms with Gasteiger partial charge in [0.15, 0.2) is 0 Å². The van der Waals surface area contributed by atoms with Crippen LogP contribution < -0.4 is 0 Å². The van der Waals surface area contributed by atoms with Crippen LogP contribution in [0.1, 0.15) is 43.4 Å². The van der Waals surface area contributed by atoms with Crippen molar-refractivity contribution < 1.29 is 9.90 Å². The van der Waals surface area contributed by atoms with Gasteiger partial charge in [0.2, 0.25) is 11.7 Å². The highest BCUT2D eigenvalue weighted by Gasteiger charge is 2.24. The van der Waals surface area contributed by atoms with Crippen LogP contribution in [0.15, 0.2) is 78.9 Å². The van der Waals surface area contributed by atoms with E-state index in [4.69, 9.17) is 0 Å². The molecule has 1 unspecified atom stereocenters. The summed E-state index contributed by atoms with van der Waals surface area (Å²) in [5, 5.41) is 24.6. The van der Waals surface area contributed by atoms with Crippen molar-refractivity contribution in [3.8, 4) is 22.5 Å². The number of aromatic amines is 1. The Hall–Kier alpha value is -3.84. The van der Waals surface area contributed by atoms with Gasteiger partial charge in [-0.15, -0.1) is 10.2 Å². The summed E-state index contributed by atoms with van der Waals surface area (Å²) in [5.74, 6) is 0.595. The first-order valence-corrected chi connectivity index (χ1v) is 11.6. The van der Waals surface area contributed by atoms with E-state index in [-0.39, 0.29) is 18.6 Å². The van der Waals surface area contributed by atoms with Gasteiger partial charge in [0.05, 0.1) is 12.6 Å². The fourth-order valence-corrected chi connectivity index (χ4v) is 4.10. The van der Waals surface area contributed by atoms with Crippen LogP contribution in [-0.2, 0) is 11.3 Å². The molecule has 0 saturated carbocycles. The first kappa shape index (κ1) is 23.3. The summed E-state index contributed by atoms with van der Waals surface area (Å²) in [6, 6.07) is 25.4. The number of carbonyl (C=O) groups excluding carboxylic acids is 1. The molecule has 34 heavy (non-hydrogen) atoms. The number of aromatic nitrogens is 4. The lowest BCUT2D eigenvalue weighted by Crippen LogP contribution is -2.36. The molecule has 1 amide bonds. The zero-order chi connectivity index (χ0) is 23.8. The molecule has 174 valence electrons. The molecular weight excluding hydrogens is 426 g/mol. The Morgan fingerprint density at radius 1 is 0.971 bits per heavy atom. The number of rotatable bonds is 10. The summed E-state index contributed by atoms with van der Waals surface area (Å²) in [6.45, 7) is 2.37. The molecule has 3 aromatic carbocycles. The molecule has 7 nitrogen and oxygen atoms in total. The van der Waals surface area contributed by atoms with Crippen molar-refractivity contribution in [1.82, 2.24) is 25.5 Å². The highest BCUT2D eigenvalue weighted by atomic mass is 16.3. The van der Waals surface area contributed by atoms with Crippen molar-refractivity contribution in [2.45, 2.75) is 38.8 Å². The predicted molar refractivity (Wildman–Crippen MR) is 131 cm³/mol. The van der Waals surface area contributed by atoms with Gasteiger partial charge in [0.1, 0.15) is 0 Å². The topological polar surface area (TPSA) is 95.0 Å². The van der Waals surface area contributed by atoms with Crippen LogP contribution in [-0.4, -0.2) is 43.1 Å². The Balaban J connectivity index is 1.60. The molecule has 1 atom stereocenters. The summed E-state index contributed by atoms with van der Waals surface area (Å²) in [4.78, 5) is 14.9. The average Bonchev–Trinajstić information content (AvgIpc) is 3.43. The molecule has 0 aliphatic rings. The van der Waals surface area contributed by atoms with Gasteiger partial charge in [0.25, 0.3) is 0 Å². The van der Waals surface area contributed by atoms with Gasteiger partial charge in [-0.1, -0.05) is 92.2 Å². The minimum absolute atomic E-state index is 0.0521. The molecule has 0 aliphatic heterocycles. The van der Waals surface area contributed by atoms with Gasteiger partial charge >= 0.3 is 0 Å². The van der Waals surface area contributed by atoms with Crippen LogP contribution in [0.4, 0.5) is 0 Å². The summed E-state index contributed by atoms with van der Waals surface area (Å²) >= 11 is 0. The van der Waals surface area contributed by atoms with Gasteiger partial charge in [-0.2, -0.15) is 5.21 Å². The molecule has 0 saturated heterocycles. The first-order valence-electron chi connectivity index (χ1n) is 11.6. The van der Waals surface area contributed by atoms with Crippen LogP contribution in [0.5, 0.6) is 0 Å². The van der Waals surface area contributed by atoms with Crippen molar-refractivity contribution in [1.29, 1.82) is 0 Å². The molecule has 0 fully saturated rings. The molecule has 0 aliphatic carbocycles. The third-order valence-electron chi connectivity index (χ3n) is 5.93.